The molecule has 2 nitrogen and oxygen atoms in total. The van der Waals surface area contributed by atoms with Gasteiger partial charge in [-0.25, -0.2) is 0 Å². The van der Waals surface area contributed by atoms with E-state index in [1.807, 2.05) is 26.8 Å². The molecule has 1 N–H and O–H groups in total. The van der Waals surface area contributed by atoms with Gasteiger partial charge in [0.25, 0.3) is 0 Å². The zero-order chi connectivity index (χ0) is 11.9. The Balaban J connectivity index is 2.56. The van der Waals surface area contributed by atoms with Crippen molar-refractivity contribution in [3.63, 3.8) is 0 Å². The first kappa shape index (κ1) is 11.2. The first-order chi connectivity index (χ1) is 7.49. The van der Waals surface area contributed by atoms with Gasteiger partial charge in [-0.15, -0.1) is 0 Å². The van der Waals surface area contributed by atoms with Gasteiger partial charge in [0.2, 0.25) is 0 Å². The maximum atomic E-state index is 9.97. The van der Waals surface area contributed by atoms with Crippen LogP contribution in [0.25, 0.3) is 11.0 Å². The van der Waals surface area contributed by atoms with Crippen LogP contribution in [-0.2, 0) is 0 Å². The van der Waals surface area contributed by atoms with Gasteiger partial charge in [0.05, 0.1) is 0 Å². The van der Waals surface area contributed by atoms with Crippen LogP contribution in [0.1, 0.15) is 36.8 Å². The smallest absolute Gasteiger partial charge is 0.137 e. The second-order valence-corrected chi connectivity index (χ2v) is 4.84. The fraction of sp³-hybridized carbons (Fsp3) is 0.429. The van der Waals surface area contributed by atoms with Gasteiger partial charge in [-0.3, -0.25) is 0 Å². The number of aliphatic hydroxyl groups is 1. The molecule has 1 unspecified atom stereocenters. The number of furan rings is 1. The Kier molecular flexibility index (Phi) is 2.76. The topological polar surface area (TPSA) is 33.4 Å². The highest BCUT2D eigenvalue weighted by Crippen LogP contribution is 2.30. The SMILES string of the molecule is Cc1cc(C)c2oc(C(O)C(C)C)cc2c1. The standard InChI is InChI=1S/C14H18O2/c1-8(2)13(15)12-7-11-6-9(3)5-10(4)14(11)16-12/h5-8,13,15H,1-4H3. The first-order valence-electron chi connectivity index (χ1n) is 5.68. The van der Waals surface area contributed by atoms with Gasteiger partial charge in [0.15, 0.2) is 0 Å². The molecule has 1 aromatic carbocycles. The van der Waals surface area contributed by atoms with Crippen LogP contribution in [0.4, 0.5) is 0 Å². The molecule has 86 valence electrons. The number of aliphatic hydroxyl groups excluding tert-OH is 1. The monoisotopic (exact) mass is 218 g/mol. The van der Waals surface area contributed by atoms with Crippen molar-refractivity contribution in [3.05, 3.63) is 35.1 Å². The molecule has 0 radical (unpaired) electrons. The summed E-state index contributed by atoms with van der Waals surface area (Å²) in [4.78, 5) is 0. The van der Waals surface area contributed by atoms with Crippen LogP contribution in [0, 0.1) is 19.8 Å². The fourth-order valence-electron chi connectivity index (χ4n) is 2.01. The molecule has 1 aromatic heterocycles. The minimum absolute atomic E-state index is 0.168. The van der Waals surface area contributed by atoms with Crippen molar-refractivity contribution < 1.29 is 9.52 Å². The molecule has 0 saturated carbocycles. The summed E-state index contributed by atoms with van der Waals surface area (Å²) in [6.45, 7) is 8.06. The largest absolute Gasteiger partial charge is 0.458 e. The van der Waals surface area contributed by atoms with E-state index >= 15 is 0 Å². The van der Waals surface area contributed by atoms with Gasteiger partial charge in [0, 0.05) is 5.39 Å². The average Bonchev–Trinajstić information content (AvgIpc) is 2.60. The number of rotatable bonds is 2. The Bertz CT molecular complexity index is 509. The van der Waals surface area contributed by atoms with Crippen LogP contribution < -0.4 is 0 Å². The maximum absolute atomic E-state index is 9.97. The number of hydrogen-bond donors (Lipinski definition) is 1. The summed E-state index contributed by atoms with van der Waals surface area (Å²) in [5, 5.41) is 11.0. The van der Waals surface area contributed by atoms with E-state index in [0.29, 0.717) is 5.76 Å². The summed E-state index contributed by atoms with van der Waals surface area (Å²) in [5.74, 6) is 0.834. The predicted octanol–water partition coefficient (Wildman–Crippen LogP) is 3.74. The molecule has 0 spiro atoms. The third-order valence-corrected chi connectivity index (χ3v) is 2.89. The second-order valence-electron chi connectivity index (χ2n) is 4.84. The lowest BCUT2D eigenvalue weighted by Crippen LogP contribution is -2.03. The minimum atomic E-state index is -0.521. The van der Waals surface area contributed by atoms with Crippen molar-refractivity contribution in [1.29, 1.82) is 0 Å². The summed E-state index contributed by atoms with van der Waals surface area (Å²) in [7, 11) is 0. The lowest BCUT2D eigenvalue weighted by atomic mass is 10.0. The van der Waals surface area contributed by atoms with Crippen LogP contribution >= 0.6 is 0 Å². The van der Waals surface area contributed by atoms with Crippen LogP contribution in [0.15, 0.2) is 22.6 Å². The Morgan fingerprint density at radius 2 is 1.81 bits per heavy atom. The van der Waals surface area contributed by atoms with Gasteiger partial charge in [-0.1, -0.05) is 25.5 Å². The van der Waals surface area contributed by atoms with Crippen LogP contribution in [0.3, 0.4) is 0 Å². The van der Waals surface area contributed by atoms with E-state index < -0.39 is 6.10 Å². The molecule has 0 amide bonds. The quantitative estimate of drug-likeness (QED) is 0.833. The van der Waals surface area contributed by atoms with E-state index in [-0.39, 0.29) is 5.92 Å². The molecule has 1 heterocycles. The van der Waals surface area contributed by atoms with Gasteiger partial charge >= 0.3 is 0 Å². The van der Waals surface area contributed by atoms with Crippen molar-refractivity contribution in [2.45, 2.75) is 33.8 Å². The summed E-state index contributed by atoms with van der Waals surface area (Å²) in [6.07, 6.45) is -0.521. The maximum Gasteiger partial charge on any atom is 0.137 e. The average molecular weight is 218 g/mol. The molecule has 2 heteroatoms. The summed E-state index contributed by atoms with van der Waals surface area (Å²) in [5.41, 5.74) is 3.23. The van der Waals surface area contributed by atoms with Crippen molar-refractivity contribution in [1.82, 2.24) is 0 Å². The van der Waals surface area contributed by atoms with Crippen molar-refractivity contribution in [2.24, 2.45) is 5.92 Å². The number of fused-ring (bicyclic) bond motifs is 1. The highest BCUT2D eigenvalue weighted by atomic mass is 16.4. The third kappa shape index (κ3) is 1.85. The number of hydrogen-bond acceptors (Lipinski definition) is 2. The van der Waals surface area contributed by atoms with E-state index in [0.717, 1.165) is 16.5 Å². The Labute approximate surface area is 95.9 Å². The molecule has 0 saturated heterocycles. The lowest BCUT2D eigenvalue weighted by molar-refractivity contribution is 0.104. The molecular weight excluding hydrogens is 200 g/mol. The summed E-state index contributed by atoms with van der Waals surface area (Å²) < 4.78 is 5.73. The number of aryl methyl sites for hydroxylation is 2. The van der Waals surface area contributed by atoms with E-state index in [2.05, 4.69) is 19.1 Å². The Morgan fingerprint density at radius 3 is 2.44 bits per heavy atom. The molecule has 0 aliphatic carbocycles. The Morgan fingerprint density at radius 1 is 1.12 bits per heavy atom. The van der Waals surface area contributed by atoms with E-state index in [9.17, 15) is 5.11 Å². The summed E-state index contributed by atoms with van der Waals surface area (Å²) in [6, 6.07) is 6.12. The summed E-state index contributed by atoms with van der Waals surface area (Å²) >= 11 is 0. The van der Waals surface area contributed by atoms with Crippen molar-refractivity contribution in [3.8, 4) is 0 Å². The van der Waals surface area contributed by atoms with E-state index in [1.54, 1.807) is 0 Å². The van der Waals surface area contributed by atoms with Crippen LogP contribution in [-0.4, -0.2) is 5.11 Å². The van der Waals surface area contributed by atoms with Crippen molar-refractivity contribution >= 4 is 11.0 Å². The van der Waals surface area contributed by atoms with Crippen LogP contribution in [0.5, 0.6) is 0 Å². The molecule has 0 aliphatic heterocycles. The highest BCUT2D eigenvalue weighted by molar-refractivity contribution is 5.81. The van der Waals surface area contributed by atoms with Gasteiger partial charge < -0.3 is 9.52 Å². The van der Waals surface area contributed by atoms with E-state index in [4.69, 9.17) is 4.42 Å². The van der Waals surface area contributed by atoms with Crippen LogP contribution in [0.2, 0.25) is 0 Å². The molecule has 1 atom stereocenters. The molecule has 16 heavy (non-hydrogen) atoms. The lowest BCUT2D eigenvalue weighted by Gasteiger charge is -2.10. The normalized spacial score (nSPS) is 13.6. The minimum Gasteiger partial charge on any atom is -0.458 e. The predicted molar refractivity (Wildman–Crippen MR) is 65.5 cm³/mol. The third-order valence-electron chi connectivity index (χ3n) is 2.89. The molecule has 2 aromatic rings. The second kappa shape index (κ2) is 3.95. The first-order valence-corrected chi connectivity index (χ1v) is 5.68. The highest BCUT2D eigenvalue weighted by Gasteiger charge is 2.17. The molecule has 0 bridgehead atoms. The van der Waals surface area contributed by atoms with Gasteiger partial charge in [-0.05, 0) is 37.5 Å². The molecule has 0 aliphatic rings. The van der Waals surface area contributed by atoms with E-state index in [1.165, 1.54) is 5.56 Å². The molecule has 2 rings (SSSR count). The van der Waals surface area contributed by atoms with Gasteiger partial charge in [0.1, 0.15) is 17.4 Å². The van der Waals surface area contributed by atoms with Gasteiger partial charge in [-0.2, -0.15) is 0 Å². The zero-order valence-corrected chi connectivity index (χ0v) is 10.2. The fourth-order valence-corrected chi connectivity index (χ4v) is 2.01. The molecular formula is C14H18O2. The molecule has 0 fully saturated rings. The Hall–Kier alpha value is -1.28. The number of benzene rings is 1. The van der Waals surface area contributed by atoms with Crippen molar-refractivity contribution in [2.75, 3.05) is 0 Å². The zero-order valence-electron chi connectivity index (χ0n) is 10.2.